The van der Waals surface area contributed by atoms with E-state index in [1.165, 1.54) is 6.42 Å². The van der Waals surface area contributed by atoms with Gasteiger partial charge in [0.1, 0.15) is 5.75 Å². The smallest absolute Gasteiger partial charge is 0.336 e. The van der Waals surface area contributed by atoms with Gasteiger partial charge < -0.3 is 19.7 Å². The predicted molar refractivity (Wildman–Crippen MR) is 133 cm³/mol. The van der Waals surface area contributed by atoms with Gasteiger partial charge in [-0.2, -0.15) is 0 Å². The second-order valence-electron chi connectivity index (χ2n) is 10.6. The molecule has 2 aromatic carbocycles. The van der Waals surface area contributed by atoms with E-state index in [1.54, 1.807) is 6.07 Å². The molecule has 6 nitrogen and oxygen atoms in total. The van der Waals surface area contributed by atoms with Crippen LogP contribution in [0.4, 0.5) is 11.6 Å². The highest BCUT2D eigenvalue weighted by molar-refractivity contribution is 5.96. The highest BCUT2D eigenvalue weighted by atomic mass is 16.5. The zero-order chi connectivity index (χ0) is 23.9. The Bertz CT molecular complexity index is 1160. The monoisotopic (exact) mass is 449 g/mol. The molecule has 2 N–H and O–H groups in total. The summed E-state index contributed by atoms with van der Waals surface area (Å²) in [6.45, 7) is 12.9. The summed E-state index contributed by atoms with van der Waals surface area (Å²) in [6.07, 6.45) is 3.46. The molecule has 1 aliphatic rings. The van der Waals surface area contributed by atoms with Gasteiger partial charge in [0, 0.05) is 11.7 Å². The lowest BCUT2D eigenvalue weighted by molar-refractivity contribution is 0.0696. The summed E-state index contributed by atoms with van der Waals surface area (Å²) in [7, 11) is 0. The first-order valence-corrected chi connectivity index (χ1v) is 11.8. The SMILES string of the molecule is Cc1c(C(=O)O)ccc2c1nc(Nc1ccc(OC(C)C)cc1)n2[C@@H]1C[C@H](C)CC(C)(C)C1. The normalized spacial score (nSPS) is 20.2. The summed E-state index contributed by atoms with van der Waals surface area (Å²) in [6, 6.07) is 11.8. The first-order chi connectivity index (χ1) is 15.5. The van der Waals surface area contributed by atoms with Crippen molar-refractivity contribution in [3.8, 4) is 5.75 Å². The molecule has 1 fully saturated rings. The Morgan fingerprint density at radius 3 is 2.48 bits per heavy atom. The van der Waals surface area contributed by atoms with Crippen LogP contribution in [-0.2, 0) is 0 Å². The average Bonchev–Trinajstić information content (AvgIpc) is 3.06. The summed E-state index contributed by atoms with van der Waals surface area (Å²) in [4.78, 5) is 16.7. The van der Waals surface area contributed by atoms with Crippen molar-refractivity contribution in [3.05, 3.63) is 47.5 Å². The summed E-state index contributed by atoms with van der Waals surface area (Å²) >= 11 is 0. The largest absolute Gasteiger partial charge is 0.491 e. The minimum absolute atomic E-state index is 0.121. The lowest BCUT2D eigenvalue weighted by atomic mass is 9.70. The number of anilines is 2. The highest BCUT2D eigenvalue weighted by Crippen LogP contribution is 2.46. The van der Waals surface area contributed by atoms with Crippen molar-refractivity contribution in [1.82, 2.24) is 9.55 Å². The number of fused-ring (bicyclic) bond motifs is 1. The maximum atomic E-state index is 11.7. The summed E-state index contributed by atoms with van der Waals surface area (Å²) < 4.78 is 8.06. The lowest BCUT2D eigenvalue weighted by Crippen LogP contribution is -2.29. The quantitative estimate of drug-likeness (QED) is 0.425. The Morgan fingerprint density at radius 1 is 1.18 bits per heavy atom. The maximum Gasteiger partial charge on any atom is 0.336 e. The van der Waals surface area contributed by atoms with Crippen LogP contribution < -0.4 is 10.1 Å². The molecule has 0 spiro atoms. The zero-order valence-corrected chi connectivity index (χ0v) is 20.5. The Kier molecular flexibility index (Phi) is 6.12. The molecule has 0 radical (unpaired) electrons. The van der Waals surface area contributed by atoms with Crippen molar-refractivity contribution < 1.29 is 14.6 Å². The van der Waals surface area contributed by atoms with E-state index in [4.69, 9.17) is 9.72 Å². The number of benzene rings is 2. The Morgan fingerprint density at radius 2 is 1.88 bits per heavy atom. The second-order valence-corrected chi connectivity index (χ2v) is 10.6. The van der Waals surface area contributed by atoms with Gasteiger partial charge in [-0.1, -0.05) is 20.8 Å². The molecule has 1 aliphatic carbocycles. The summed E-state index contributed by atoms with van der Waals surface area (Å²) in [5.41, 5.74) is 3.88. The Balaban J connectivity index is 1.79. The van der Waals surface area contributed by atoms with Crippen molar-refractivity contribution in [2.24, 2.45) is 11.3 Å². The van der Waals surface area contributed by atoms with Crippen LogP contribution in [-0.4, -0.2) is 26.7 Å². The van der Waals surface area contributed by atoms with Gasteiger partial charge in [-0.25, -0.2) is 9.78 Å². The number of aromatic carboxylic acids is 1. The molecule has 3 aromatic rings. The van der Waals surface area contributed by atoms with E-state index in [0.717, 1.165) is 41.3 Å². The molecule has 1 heterocycles. The molecular weight excluding hydrogens is 414 g/mol. The molecule has 6 heteroatoms. The number of imidazole rings is 1. The molecule has 1 saturated carbocycles. The zero-order valence-electron chi connectivity index (χ0n) is 20.5. The van der Waals surface area contributed by atoms with Gasteiger partial charge in [-0.15, -0.1) is 0 Å². The van der Waals surface area contributed by atoms with E-state index < -0.39 is 5.97 Å². The number of hydrogen-bond acceptors (Lipinski definition) is 4. The molecule has 0 saturated heterocycles. The van der Waals surface area contributed by atoms with E-state index in [-0.39, 0.29) is 17.6 Å². The predicted octanol–water partition coefficient (Wildman–Crippen LogP) is 6.96. The Labute approximate surface area is 196 Å². The number of aryl methyl sites for hydroxylation is 1. The van der Waals surface area contributed by atoms with Gasteiger partial charge in [-0.3, -0.25) is 0 Å². The maximum absolute atomic E-state index is 11.7. The average molecular weight is 450 g/mol. The fraction of sp³-hybridized carbons (Fsp3) is 0.481. The summed E-state index contributed by atoms with van der Waals surface area (Å²) in [5.74, 6) is 1.26. The minimum atomic E-state index is -0.924. The molecule has 1 aromatic heterocycles. The fourth-order valence-corrected chi connectivity index (χ4v) is 5.50. The fourth-order valence-electron chi connectivity index (χ4n) is 5.50. The third-order valence-corrected chi connectivity index (χ3v) is 6.56. The number of carboxylic acid groups (broad SMARTS) is 1. The minimum Gasteiger partial charge on any atom is -0.491 e. The molecule has 0 unspecified atom stereocenters. The van der Waals surface area contributed by atoms with Crippen LogP contribution >= 0.6 is 0 Å². The van der Waals surface area contributed by atoms with Gasteiger partial charge in [0.25, 0.3) is 0 Å². The molecule has 0 amide bonds. The van der Waals surface area contributed by atoms with Gasteiger partial charge >= 0.3 is 5.97 Å². The number of nitrogens with zero attached hydrogens (tertiary/aromatic N) is 2. The van der Waals surface area contributed by atoms with E-state index in [9.17, 15) is 9.90 Å². The number of aromatic nitrogens is 2. The highest BCUT2D eigenvalue weighted by Gasteiger charge is 2.35. The van der Waals surface area contributed by atoms with Gasteiger partial charge in [0.15, 0.2) is 0 Å². The first-order valence-electron chi connectivity index (χ1n) is 11.8. The van der Waals surface area contributed by atoms with E-state index in [1.807, 2.05) is 51.1 Å². The molecular formula is C27H35N3O3. The molecule has 0 bridgehead atoms. The molecule has 0 aliphatic heterocycles. The number of carbonyl (C=O) groups is 1. The molecule has 176 valence electrons. The van der Waals surface area contributed by atoms with Crippen molar-refractivity contribution in [2.45, 2.75) is 73.0 Å². The van der Waals surface area contributed by atoms with Crippen molar-refractivity contribution in [1.29, 1.82) is 0 Å². The molecule has 33 heavy (non-hydrogen) atoms. The van der Waals surface area contributed by atoms with Crippen LogP contribution in [0.5, 0.6) is 5.75 Å². The third kappa shape index (κ3) is 4.85. The lowest BCUT2D eigenvalue weighted by Gasteiger charge is -2.40. The number of carboxylic acids is 1. The molecule has 2 atom stereocenters. The first kappa shape index (κ1) is 23.1. The van der Waals surface area contributed by atoms with Crippen molar-refractivity contribution in [2.75, 3.05) is 5.32 Å². The van der Waals surface area contributed by atoms with Crippen LogP contribution in [0.25, 0.3) is 11.0 Å². The molecule has 4 rings (SSSR count). The van der Waals surface area contributed by atoms with E-state index in [0.29, 0.717) is 17.0 Å². The van der Waals surface area contributed by atoms with Gasteiger partial charge in [-0.05, 0) is 93.3 Å². The topological polar surface area (TPSA) is 76.4 Å². The number of nitrogens with one attached hydrogen (secondary N) is 1. The van der Waals surface area contributed by atoms with Crippen molar-refractivity contribution in [3.63, 3.8) is 0 Å². The van der Waals surface area contributed by atoms with Crippen LogP contribution in [0, 0.1) is 18.3 Å². The van der Waals surface area contributed by atoms with E-state index in [2.05, 4.69) is 30.7 Å². The standard InChI is InChI=1S/C27H35N3O3/c1-16(2)33-21-9-7-19(8-10-21)28-26-29-24-18(4)22(25(31)32)11-12-23(24)30(26)20-13-17(3)14-27(5,6)15-20/h7-12,16-17,20H,13-15H2,1-6H3,(H,28,29)(H,31,32)/t17-,20+/m0/s1. The van der Waals surface area contributed by atoms with Crippen molar-refractivity contribution >= 4 is 28.6 Å². The van der Waals surface area contributed by atoms with Crippen LogP contribution in [0.1, 0.15) is 75.8 Å². The van der Waals surface area contributed by atoms with Gasteiger partial charge in [0.05, 0.1) is 22.7 Å². The van der Waals surface area contributed by atoms with Crippen LogP contribution in [0.3, 0.4) is 0 Å². The number of ether oxygens (including phenoxy) is 1. The second kappa shape index (κ2) is 8.73. The number of rotatable bonds is 6. The van der Waals surface area contributed by atoms with Crippen LogP contribution in [0.15, 0.2) is 36.4 Å². The third-order valence-electron chi connectivity index (χ3n) is 6.56. The van der Waals surface area contributed by atoms with Crippen LogP contribution in [0.2, 0.25) is 0 Å². The number of hydrogen-bond donors (Lipinski definition) is 2. The van der Waals surface area contributed by atoms with E-state index >= 15 is 0 Å². The summed E-state index contributed by atoms with van der Waals surface area (Å²) in [5, 5.41) is 13.1. The Hall–Kier alpha value is -3.02. The van der Waals surface area contributed by atoms with Gasteiger partial charge in [0.2, 0.25) is 5.95 Å².